The zero-order valence-corrected chi connectivity index (χ0v) is 10.7. The Morgan fingerprint density at radius 3 is 2.47 bits per heavy atom. The average Bonchev–Trinajstić information content (AvgIpc) is 2.36. The first-order valence-electron chi connectivity index (χ1n) is 5.88. The first kappa shape index (κ1) is 13.7. The van der Waals surface area contributed by atoms with E-state index in [1.807, 2.05) is 32.0 Å². The van der Waals surface area contributed by atoms with Crippen LogP contribution in [0.4, 0.5) is 0 Å². The summed E-state index contributed by atoms with van der Waals surface area (Å²) >= 11 is 0. The van der Waals surface area contributed by atoms with E-state index in [-0.39, 0.29) is 12.1 Å². The Bertz CT molecular complexity index is 335. The third-order valence-corrected chi connectivity index (χ3v) is 2.65. The number of ether oxygens (including phenoxy) is 2. The third-order valence-electron chi connectivity index (χ3n) is 2.65. The van der Waals surface area contributed by atoms with Gasteiger partial charge in [0.25, 0.3) is 0 Å². The minimum Gasteiger partial charge on any atom is -0.462 e. The molecule has 0 aliphatic carbocycles. The second kappa shape index (κ2) is 7.07. The summed E-state index contributed by atoms with van der Waals surface area (Å²) in [6.45, 7) is 4.49. The Morgan fingerprint density at radius 1 is 1.24 bits per heavy atom. The minimum atomic E-state index is -0.262. The molecule has 3 nitrogen and oxygen atoms in total. The van der Waals surface area contributed by atoms with Gasteiger partial charge in [-0.1, -0.05) is 25.1 Å². The Kier molecular flexibility index (Phi) is 5.70. The molecule has 0 bridgehead atoms. The van der Waals surface area contributed by atoms with Crippen molar-refractivity contribution in [2.45, 2.75) is 26.4 Å². The lowest BCUT2D eigenvalue weighted by Gasteiger charge is -2.16. The first-order chi connectivity index (χ1) is 8.13. The van der Waals surface area contributed by atoms with Crippen LogP contribution in [0.5, 0.6) is 0 Å². The fourth-order valence-corrected chi connectivity index (χ4v) is 1.61. The summed E-state index contributed by atoms with van der Waals surface area (Å²) in [7, 11) is 1.69. The number of carbonyl (C=O) groups is 1. The van der Waals surface area contributed by atoms with Crippen LogP contribution in [0.3, 0.4) is 0 Å². The molecule has 94 valence electrons. The average molecular weight is 236 g/mol. The van der Waals surface area contributed by atoms with E-state index in [1.54, 1.807) is 19.2 Å². The monoisotopic (exact) mass is 236 g/mol. The van der Waals surface area contributed by atoms with Crippen LogP contribution in [0.25, 0.3) is 0 Å². The lowest BCUT2D eigenvalue weighted by Crippen LogP contribution is -2.17. The van der Waals surface area contributed by atoms with E-state index in [4.69, 9.17) is 9.47 Å². The van der Waals surface area contributed by atoms with Gasteiger partial charge in [-0.05, 0) is 31.4 Å². The number of benzene rings is 1. The molecule has 3 heteroatoms. The number of hydrogen-bond acceptors (Lipinski definition) is 3. The predicted molar refractivity (Wildman–Crippen MR) is 67.0 cm³/mol. The normalized spacial score (nSPS) is 14.1. The molecule has 0 spiro atoms. The first-order valence-corrected chi connectivity index (χ1v) is 5.88. The largest absolute Gasteiger partial charge is 0.462 e. The van der Waals surface area contributed by atoms with Crippen molar-refractivity contribution in [1.29, 1.82) is 0 Å². The zero-order chi connectivity index (χ0) is 12.7. The predicted octanol–water partition coefficient (Wildman–Crippen LogP) is 2.90. The Morgan fingerprint density at radius 2 is 1.88 bits per heavy atom. The van der Waals surface area contributed by atoms with Crippen LogP contribution in [0.1, 0.15) is 30.6 Å². The van der Waals surface area contributed by atoms with Crippen molar-refractivity contribution < 1.29 is 14.3 Å². The molecule has 1 rings (SSSR count). The summed E-state index contributed by atoms with van der Waals surface area (Å²) in [5.41, 5.74) is 0.597. The molecule has 0 saturated heterocycles. The van der Waals surface area contributed by atoms with E-state index < -0.39 is 0 Å². The summed E-state index contributed by atoms with van der Waals surface area (Å²) in [6.07, 6.45) is 1.08. The molecular weight excluding hydrogens is 216 g/mol. The van der Waals surface area contributed by atoms with Crippen molar-refractivity contribution >= 4 is 5.97 Å². The van der Waals surface area contributed by atoms with Crippen molar-refractivity contribution in [3.05, 3.63) is 35.9 Å². The molecule has 1 aromatic carbocycles. The molecule has 0 N–H and O–H groups in total. The number of methoxy groups -OCH3 is 1. The van der Waals surface area contributed by atoms with E-state index in [1.165, 1.54) is 0 Å². The second-order valence-corrected chi connectivity index (χ2v) is 4.35. The van der Waals surface area contributed by atoms with E-state index in [0.29, 0.717) is 18.1 Å². The highest BCUT2D eigenvalue weighted by atomic mass is 16.5. The summed E-state index contributed by atoms with van der Waals surface area (Å²) in [5.74, 6) is 0.0418. The molecule has 0 aliphatic rings. The van der Waals surface area contributed by atoms with Gasteiger partial charge in [0.2, 0.25) is 0 Å². The van der Waals surface area contributed by atoms with Gasteiger partial charge >= 0.3 is 5.97 Å². The molecule has 0 heterocycles. The third kappa shape index (κ3) is 5.00. The summed E-state index contributed by atoms with van der Waals surface area (Å²) in [5, 5.41) is 0. The minimum absolute atomic E-state index is 0.195. The van der Waals surface area contributed by atoms with Crippen LogP contribution >= 0.6 is 0 Å². The maximum atomic E-state index is 11.7. The molecule has 2 atom stereocenters. The van der Waals surface area contributed by atoms with Gasteiger partial charge in [0, 0.05) is 7.11 Å². The Balaban J connectivity index is 2.33. The smallest absolute Gasteiger partial charge is 0.338 e. The van der Waals surface area contributed by atoms with Crippen molar-refractivity contribution in [1.82, 2.24) is 0 Å². The van der Waals surface area contributed by atoms with E-state index in [9.17, 15) is 4.79 Å². The van der Waals surface area contributed by atoms with Crippen LogP contribution in [-0.4, -0.2) is 25.8 Å². The van der Waals surface area contributed by atoms with E-state index >= 15 is 0 Å². The SMILES string of the molecule is COC(C)CC(C)COC(=O)c1ccccc1. The highest BCUT2D eigenvalue weighted by Crippen LogP contribution is 2.10. The Hall–Kier alpha value is -1.35. The van der Waals surface area contributed by atoms with Gasteiger partial charge in [0.1, 0.15) is 0 Å². The number of rotatable bonds is 6. The van der Waals surface area contributed by atoms with Crippen LogP contribution < -0.4 is 0 Å². The van der Waals surface area contributed by atoms with Gasteiger partial charge in [0.15, 0.2) is 0 Å². The highest BCUT2D eigenvalue weighted by Gasteiger charge is 2.11. The molecular formula is C14H20O3. The van der Waals surface area contributed by atoms with Gasteiger partial charge < -0.3 is 9.47 Å². The summed E-state index contributed by atoms with van der Waals surface area (Å²) < 4.78 is 10.4. The molecule has 0 aliphatic heterocycles. The Labute approximate surface area is 103 Å². The molecule has 17 heavy (non-hydrogen) atoms. The van der Waals surface area contributed by atoms with Gasteiger partial charge in [0.05, 0.1) is 18.3 Å². The van der Waals surface area contributed by atoms with Gasteiger partial charge in [-0.15, -0.1) is 0 Å². The quantitative estimate of drug-likeness (QED) is 0.712. The summed E-state index contributed by atoms with van der Waals surface area (Å²) in [4.78, 5) is 11.7. The molecule has 0 aromatic heterocycles. The highest BCUT2D eigenvalue weighted by molar-refractivity contribution is 5.89. The molecule has 1 aromatic rings. The van der Waals surface area contributed by atoms with Gasteiger partial charge in [-0.2, -0.15) is 0 Å². The van der Waals surface area contributed by atoms with Crippen LogP contribution in [0, 0.1) is 5.92 Å². The van der Waals surface area contributed by atoms with Crippen molar-refractivity contribution in [3.63, 3.8) is 0 Å². The maximum Gasteiger partial charge on any atom is 0.338 e. The van der Waals surface area contributed by atoms with Crippen LogP contribution in [0.2, 0.25) is 0 Å². The van der Waals surface area contributed by atoms with E-state index in [0.717, 1.165) is 6.42 Å². The second-order valence-electron chi connectivity index (χ2n) is 4.35. The summed E-state index contributed by atoms with van der Waals surface area (Å²) in [6, 6.07) is 9.04. The molecule has 2 unspecified atom stereocenters. The maximum absolute atomic E-state index is 11.7. The van der Waals surface area contributed by atoms with Crippen LogP contribution in [-0.2, 0) is 9.47 Å². The molecule has 0 amide bonds. The fourth-order valence-electron chi connectivity index (χ4n) is 1.61. The van der Waals surface area contributed by atoms with E-state index in [2.05, 4.69) is 0 Å². The van der Waals surface area contributed by atoms with Gasteiger partial charge in [-0.25, -0.2) is 4.79 Å². The van der Waals surface area contributed by atoms with Crippen molar-refractivity contribution in [3.8, 4) is 0 Å². The van der Waals surface area contributed by atoms with Crippen LogP contribution in [0.15, 0.2) is 30.3 Å². The lowest BCUT2D eigenvalue weighted by molar-refractivity contribution is 0.0369. The number of esters is 1. The molecule has 0 saturated carbocycles. The van der Waals surface area contributed by atoms with Gasteiger partial charge in [-0.3, -0.25) is 0 Å². The number of carbonyl (C=O) groups excluding carboxylic acids is 1. The fraction of sp³-hybridized carbons (Fsp3) is 0.500. The van der Waals surface area contributed by atoms with Crippen molar-refractivity contribution in [2.75, 3.05) is 13.7 Å². The number of hydrogen-bond donors (Lipinski definition) is 0. The standard InChI is InChI=1S/C14H20O3/c1-11(9-12(2)16-3)10-17-14(15)13-7-5-4-6-8-13/h4-8,11-12H,9-10H2,1-3H3. The topological polar surface area (TPSA) is 35.5 Å². The lowest BCUT2D eigenvalue weighted by atomic mass is 10.1. The van der Waals surface area contributed by atoms with Crippen molar-refractivity contribution in [2.24, 2.45) is 5.92 Å². The zero-order valence-electron chi connectivity index (χ0n) is 10.7. The molecule has 0 fully saturated rings. The molecule has 0 radical (unpaired) electrons.